The van der Waals surface area contributed by atoms with Gasteiger partial charge in [-0.15, -0.1) is 0 Å². The Labute approximate surface area is 135 Å². The largest absolute Gasteiger partial charge is 0.327 e. The van der Waals surface area contributed by atoms with E-state index in [1.54, 1.807) is 42.5 Å². The third-order valence-corrected chi connectivity index (χ3v) is 5.80. The van der Waals surface area contributed by atoms with Gasteiger partial charge in [0.2, 0.25) is 15.7 Å². The molecule has 1 heterocycles. The average molecular weight is 333 g/mol. The van der Waals surface area contributed by atoms with Crippen LogP contribution in [0.1, 0.15) is 0 Å². The van der Waals surface area contributed by atoms with Crippen molar-refractivity contribution in [3.8, 4) is 0 Å². The number of carbonyl (C=O) groups is 1. The number of amides is 1. The van der Waals surface area contributed by atoms with Gasteiger partial charge in [0.1, 0.15) is 6.29 Å². The molecule has 3 atom stereocenters. The molecule has 1 amide bonds. The Morgan fingerprint density at radius 2 is 1.83 bits per heavy atom. The van der Waals surface area contributed by atoms with Gasteiger partial charge in [-0.25, -0.2) is 8.42 Å². The molecule has 122 valence electrons. The van der Waals surface area contributed by atoms with E-state index in [4.69, 9.17) is 0 Å². The number of nitrogens with zero attached hydrogens (tertiary/aromatic N) is 1. The van der Waals surface area contributed by atoms with E-state index in [1.807, 2.05) is 19.0 Å². The average Bonchev–Trinajstić information content (AvgIpc) is 2.55. The zero-order chi connectivity index (χ0) is 16.6. The first-order valence-electron chi connectivity index (χ1n) is 7.32. The second-order valence-electron chi connectivity index (χ2n) is 5.84. The van der Waals surface area contributed by atoms with Crippen molar-refractivity contribution in [3.63, 3.8) is 0 Å². The van der Waals surface area contributed by atoms with Crippen molar-refractivity contribution in [2.45, 2.75) is 17.2 Å². The first-order valence-corrected chi connectivity index (χ1v) is 8.81. The topological polar surface area (TPSA) is 78.5 Å². The zero-order valence-corrected chi connectivity index (χ0v) is 13.7. The van der Waals surface area contributed by atoms with E-state index in [0.29, 0.717) is 0 Å². The van der Waals surface area contributed by atoms with E-state index >= 15 is 0 Å². The highest BCUT2D eigenvalue weighted by atomic mass is 32.2. The number of hydrogen-bond acceptors (Lipinski definition) is 5. The van der Waals surface area contributed by atoms with Gasteiger partial charge in [0.15, 0.2) is 0 Å². The number of fused-ring (bicyclic) bond motifs is 1. The Morgan fingerprint density at radius 1 is 1.13 bits per heavy atom. The maximum atomic E-state index is 12.7. The molecule has 0 aromatic heterocycles. The van der Waals surface area contributed by atoms with Crippen molar-refractivity contribution in [2.24, 2.45) is 5.92 Å². The van der Waals surface area contributed by atoms with Crippen LogP contribution in [0, 0.1) is 5.92 Å². The van der Waals surface area contributed by atoms with Crippen molar-refractivity contribution in [1.82, 2.24) is 15.5 Å². The lowest BCUT2D eigenvalue weighted by Gasteiger charge is -2.39. The van der Waals surface area contributed by atoms with Gasteiger partial charge in [0, 0.05) is 6.04 Å². The van der Waals surface area contributed by atoms with Crippen molar-refractivity contribution in [3.05, 3.63) is 53.5 Å². The third-order valence-electron chi connectivity index (χ3n) is 4.01. The summed E-state index contributed by atoms with van der Waals surface area (Å²) in [5.41, 5.74) is 0. The van der Waals surface area contributed by atoms with Crippen LogP contribution >= 0.6 is 0 Å². The normalized spacial score (nSPS) is 27.3. The summed E-state index contributed by atoms with van der Waals surface area (Å²) in [7, 11) is 0.0965. The lowest BCUT2D eigenvalue weighted by atomic mass is 9.92. The molecule has 1 aliphatic carbocycles. The lowest BCUT2D eigenvalue weighted by molar-refractivity contribution is -0.129. The van der Waals surface area contributed by atoms with Gasteiger partial charge < -0.3 is 5.32 Å². The molecule has 6 nitrogen and oxygen atoms in total. The first kappa shape index (κ1) is 15.9. The van der Waals surface area contributed by atoms with E-state index in [0.717, 1.165) is 0 Å². The van der Waals surface area contributed by atoms with Crippen LogP contribution in [0.3, 0.4) is 0 Å². The number of nitrogens with one attached hydrogen (secondary N) is 2. The van der Waals surface area contributed by atoms with E-state index in [2.05, 4.69) is 10.6 Å². The third kappa shape index (κ3) is 2.95. The summed E-state index contributed by atoms with van der Waals surface area (Å²) in [5.74, 6) is -0.720. The Morgan fingerprint density at radius 3 is 2.48 bits per heavy atom. The molecular formula is C16H19N3O3S. The van der Waals surface area contributed by atoms with Crippen LogP contribution in [0.5, 0.6) is 0 Å². The number of hydrogen-bond donors (Lipinski definition) is 2. The molecule has 23 heavy (non-hydrogen) atoms. The van der Waals surface area contributed by atoms with Crippen LogP contribution in [-0.2, 0) is 14.6 Å². The molecule has 2 aliphatic rings. The maximum Gasteiger partial charge on any atom is 0.231 e. The van der Waals surface area contributed by atoms with Crippen LogP contribution in [0.2, 0.25) is 0 Å². The Hall–Kier alpha value is -1.96. The Bertz CT molecular complexity index is 769. The van der Waals surface area contributed by atoms with E-state index in [-0.39, 0.29) is 28.0 Å². The molecule has 0 radical (unpaired) electrons. The highest BCUT2D eigenvalue weighted by Gasteiger charge is 2.37. The zero-order valence-electron chi connectivity index (χ0n) is 12.9. The summed E-state index contributed by atoms with van der Waals surface area (Å²) in [6.45, 7) is 0. The molecule has 0 bridgehead atoms. The quantitative estimate of drug-likeness (QED) is 0.840. The van der Waals surface area contributed by atoms with E-state index in [1.165, 1.54) is 6.08 Å². The van der Waals surface area contributed by atoms with Crippen LogP contribution in [-0.4, -0.2) is 45.7 Å². The SMILES string of the molecule is CN(C)C1NC(=O)C2C=C(S(=O)(=O)c3ccccc3)C=CC2N1. The summed E-state index contributed by atoms with van der Waals surface area (Å²) in [6.07, 6.45) is 4.58. The lowest BCUT2D eigenvalue weighted by Crippen LogP contribution is -2.65. The standard InChI is InChI=1S/C16H19N3O3S/c1-19(2)16-17-14-9-8-12(10-13(14)15(20)18-16)23(21,22)11-6-4-3-5-7-11/h3-10,13-14,16-17H,1-2H3,(H,18,20). The molecule has 1 fully saturated rings. The van der Waals surface area contributed by atoms with Crippen molar-refractivity contribution in [2.75, 3.05) is 14.1 Å². The number of sulfone groups is 1. The highest BCUT2D eigenvalue weighted by Crippen LogP contribution is 2.28. The van der Waals surface area contributed by atoms with Crippen molar-refractivity contribution < 1.29 is 13.2 Å². The van der Waals surface area contributed by atoms with Crippen LogP contribution in [0.25, 0.3) is 0 Å². The molecule has 7 heteroatoms. The predicted molar refractivity (Wildman–Crippen MR) is 86.9 cm³/mol. The van der Waals surface area contributed by atoms with Gasteiger partial charge in [-0.2, -0.15) is 0 Å². The Kier molecular flexibility index (Phi) is 4.09. The molecule has 3 rings (SSSR count). The minimum Gasteiger partial charge on any atom is -0.327 e. The van der Waals surface area contributed by atoms with Crippen LogP contribution in [0.4, 0.5) is 0 Å². The van der Waals surface area contributed by atoms with Crippen molar-refractivity contribution in [1.29, 1.82) is 0 Å². The van der Waals surface area contributed by atoms with Crippen LogP contribution < -0.4 is 10.6 Å². The number of allylic oxidation sites excluding steroid dienone is 1. The maximum absolute atomic E-state index is 12.7. The van der Waals surface area contributed by atoms with Gasteiger partial charge in [-0.05, 0) is 32.3 Å². The predicted octanol–water partition coefficient (Wildman–Crippen LogP) is 0.463. The van der Waals surface area contributed by atoms with Gasteiger partial charge in [0.05, 0.1) is 15.7 Å². The summed E-state index contributed by atoms with van der Waals surface area (Å²) in [6, 6.07) is 8.01. The van der Waals surface area contributed by atoms with E-state index in [9.17, 15) is 13.2 Å². The smallest absolute Gasteiger partial charge is 0.231 e. The summed E-state index contributed by atoms with van der Waals surface area (Å²) < 4.78 is 25.3. The molecule has 1 aliphatic heterocycles. The fraction of sp³-hybridized carbons (Fsp3) is 0.312. The van der Waals surface area contributed by atoms with Gasteiger partial charge in [-0.3, -0.25) is 15.0 Å². The fourth-order valence-corrected chi connectivity index (χ4v) is 4.07. The number of carbonyl (C=O) groups excluding carboxylic acids is 1. The van der Waals surface area contributed by atoms with Crippen LogP contribution in [0.15, 0.2) is 58.4 Å². The van der Waals surface area contributed by atoms with Crippen molar-refractivity contribution >= 4 is 15.7 Å². The first-order chi connectivity index (χ1) is 10.9. The molecule has 1 saturated heterocycles. The number of benzene rings is 1. The molecule has 1 aromatic carbocycles. The second-order valence-corrected chi connectivity index (χ2v) is 7.79. The number of rotatable bonds is 3. The Balaban J connectivity index is 1.90. The molecule has 3 unspecified atom stereocenters. The fourth-order valence-electron chi connectivity index (χ4n) is 2.70. The molecular weight excluding hydrogens is 314 g/mol. The molecule has 0 saturated carbocycles. The van der Waals surface area contributed by atoms with E-state index < -0.39 is 15.8 Å². The van der Waals surface area contributed by atoms with Gasteiger partial charge in [-0.1, -0.05) is 30.4 Å². The van der Waals surface area contributed by atoms with Gasteiger partial charge in [0.25, 0.3) is 0 Å². The molecule has 1 aromatic rings. The minimum absolute atomic E-state index is 0.158. The molecule has 2 N–H and O–H groups in total. The minimum atomic E-state index is -3.61. The van der Waals surface area contributed by atoms with Gasteiger partial charge >= 0.3 is 0 Å². The monoisotopic (exact) mass is 333 g/mol. The summed E-state index contributed by atoms with van der Waals surface area (Å²) >= 11 is 0. The molecule has 0 spiro atoms. The summed E-state index contributed by atoms with van der Waals surface area (Å²) in [5, 5.41) is 6.09. The second kappa shape index (κ2) is 5.92. The highest BCUT2D eigenvalue weighted by molar-refractivity contribution is 7.95. The summed E-state index contributed by atoms with van der Waals surface area (Å²) in [4.78, 5) is 14.5.